The zero-order valence-electron chi connectivity index (χ0n) is 12.7. The SMILES string of the molecule is C.C[n+]1ccc(-c2ccc(-c3cccc[n+]3C)c[n+]2C)cc1. The first-order valence-electron chi connectivity index (χ1n) is 7.05. The van der Waals surface area contributed by atoms with Gasteiger partial charge in [-0.05, 0) is 12.1 Å². The normalized spacial score (nSPS) is 10.1. The Morgan fingerprint density at radius 1 is 0.636 bits per heavy atom. The Labute approximate surface area is 132 Å². The number of aryl methyl sites for hydroxylation is 3. The third kappa shape index (κ3) is 3.03. The van der Waals surface area contributed by atoms with Gasteiger partial charge in [-0.15, -0.1) is 0 Å². The molecule has 3 heteroatoms. The Morgan fingerprint density at radius 2 is 1.32 bits per heavy atom. The molecule has 0 spiro atoms. The lowest BCUT2D eigenvalue weighted by molar-refractivity contribution is -0.672. The van der Waals surface area contributed by atoms with E-state index in [1.165, 1.54) is 22.5 Å². The van der Waals surface area contributed by atoms with E-state index in [-0.39, 0.29) is 7.43 Å². The van der Waals surface area contributed by atoms with Crippen LogP contribution in [0, 0.1) is 0 Å². The van der Waals surface area contributed by atoms with Crippen molar-refractivity contribution in [1.29, 1.82) is 0 Å². The fraction of sp³-hybridized carbons (Fsp3) is 0.211. The van der Waals surface area contributed by atoms with Gasteiger partial charge in [0.05, 0.1) is 5.56 Å². The second kappa shape index (κ2) is 6.48. The van der Waals surface area contributed by atoms with Crippen molar-refractivity contribution in [2.45, 2.75) is 7.43 Å². The molecule has 3 heterocycles. The predicted molar refractivity (Wildman–Crippen MR) is 87.6 cm³/mol. The minimum atomic E-state index is 0. The molecule has 0 fully saturated rings. The van der Waals surface area contributed by atoms with Gasteiger partial charge >= 0.3 is 0 Å². The van der Waals surface area contributed by atoms with E-state index in [2.05, 4.69) is 84.4 Å². The second-order valence-corrected chi connectivity index (χ2v) is 5.36. The average Bonchev–Trinajstić information content (AvgIpc) is 2.49. The largest absolute Gasteiger partial charge is 0.218 e. The first-order chi connectivity index (χ1) is 10.1. The van der Waals surface area contributed by atoms with E-state index in [4.69, 9.17) is 0 Å². The molecule has 0 amide bonds. The summed E-state index contributed by atoms with van der Waals surface area (Å²) in [5.41, 5.74) is 4.85. The van der Waals surface area contributed by atoms with E-state index >= 15 is 0 Å². The van der Waals surface area contributed by atoms with E-state index < -0.39 is 0 Å². The van der Waals surface area contributed by atoms with Crippen LogP contribution in [0.3, 0.4) is 0 Å². The third-order valence-electron chi connectivity index (χ3n) is 3.76. The summed E-state index contributed by atoms with van der Waals surface area (Å²) in [7, 11) is 6.19. The number of nitrogens with zero attached hydrogens (tertiary/aromatic N) is 3. The maximum atomic E-state index is 2.18. The molecule has 3 nitrogen and oxygen atoms in total. The van der Waals surface area contributed by atoms with Crippen LogP contribution in [0.4, 0.5) is 0 Å². The van der Waals surface area contributed by atoms with Crippen LogP contribution in [0.5, 0.6) is 0 Å². The number of hydrogen-bond acceptors (Lipinski definition) is 0. The lowest BCUT2D eigenvalue weighted by atomic mass is 10.1. The van der Waals surface area contributed by atoms with Gasteiger partial charge in [0.1, 0.15) is 26.7 Å². The highest BCUT2D eigenvalue weighted by molar-refractivity contribution is 5.59. The van der Waals surface area contributed by atoms with Crippen LogP contribution in [0.25, 0.3) is 22.5 Å². The lowest BCUT2D eigenvalue weighted by Crippen LogP contribution is -2.34. The molecule has 112 valence electrons. The zero-order chi connectivity index (χ0) is 14.8. The van der Waals surface area contributed by atoms with Crippen LogP contribution >= 0.6 is 0 Å². The summed E-state index contributed by atoms with van der Waals surface area (Å²) in [6, 6.07) is 14.9. The average molecular weight is 294 g/mol. The van der Waals surface area contributed by atoms with Crippen LogP contribution in [0.15, 0.2) is 67.3 Å². The van der Waals surface area contributed by atoms with E-state index in [0.29, 0.717) is 0 Å². The molecule has 0 saturated heterocycles. The molecular formula is C19H24N3+3. The highest BCUT2D eigenvalue weighted by atomic mass is 14.9. The third-order valence-corrected chi connectivity index (χ3v) is 3.76. The molecule has 0 aliphatic carbocycles. The number of aromatic nitrogens is 3. The van der Waals surface area contributed by atoms with Gasteiger partial charge in [-0.3, -0.25) is 0 Å². The van der Waals surface area contributed by atoms with Crippen LogP contribution in [0.2, 0.25) is 0 Å². The van der Waals surface area contributed by atoms with E-state index in [0.717, 1.165) is 0 Å². The van der Waals surface area contributed by atoms with E-state index in [1.807, 2.05) is 17.7 Å². The topological polar surface area (TPSA) is 11.6 Å². The Balaban J connectivity index is 0.00000176. The van der Waals surface area contributed by atoms with Crippen molar-refractivity contribution in [2.24, 2.45) is 21.1 Å². The Bertz CT molecular complexity index is 777. The molecule has 0 aliphatic heterocycles. The van der Waals surface area contributed by atoms with Crippen molar-refractivity contribution in [3.8, 4) is 22.5 Å². The molecule has 0 aliphatic rings. The monoisotopic (exact) mass is 294 g/mol. The highest BCUT2D eigenvalue weighted by Gasteiger charge is 2.16. The first kappa shape index (κ1) is 15.8. The summed E-state index contributed by atoms with van der Waals surface area (Å²) in [6.45, 7) is 0. The summed E-state index contributed by atoms with van der Waals surface area (Å²) < 4.78 is 6.36. The van der Waals surface area contributed by atoms with Crippen LogP contribution in [0.1, 0.15) is 7.43 Å². The summed E-state index contributed by atoms with van der Waals surface area (Å²) in [6.07, 6.45) is 8.39. The van der Waals surface area contributed by atoms with Crippen molar-refractivity contribution < 1.29 is 13.7 Å². The fourth-order valence-corrected chi connectivity index (χ4v) is 2.55. The van der Waals surface area contributed by atoms with Crippen molar-refractivity contribution in [1.82, 2.24) is 0 Å². The van der Waals surface area contributed by atoms with Crippen LogP contribution in [-0.4, -0.2) is 0 Å². The maximum Gasteiger partial charge on any atom is 0.218 e. The van der Waals surface area contributed by atoms with Gasteiger partial charge in [0, 0.05) is 30.3 Å². The molecule has 0 bridgehead atoms. The minimum absolute atomic E-state index is 0. The van der Waals surface area contributed by atoms with Crippen LogP contribution < -0.4 is 13.7 Å². The molecule has 3 rings (SSSR count). The van der Waals surface area contributed by atoms with Crippen molar-refractivity contribution >= 4 is 0 Å². The number of rotatable bonds is 2. The molecular weight excluding hydrogens is 270 g/mol. The molecule has 0 N–H and O–H groups in total. The standard InChI is InChI=1S/C18H20N3.CH4/c1-19-12-9-15(10-13-19)18-8-7-16(14-21(18)3)17-6-4-5-11-20(17)2;/h4-14H,1-3H3;1H4/q+3;. The molecule has 0 aromatic carbocycles. The molecule has 22 heavy (non-hydrogen) atoms. The number of hydrogen-bond donors (Lipinski definition) is 0. The van der Waals surface area contributed by atoms with Gasteiger partial charge in [0.2, 0.25) is 11.4 Å². The summed E-state index contributed by atoms with van der Waals surface area (Å²) in [5.74, 6) is 0. The molecule has 0 saturated carbocycles. The first-order valence-corrected chi connectivity index (χ1v) is 7.05. The Kier molecular flexibility index (Phi) is 4.66. The highest BCUT2D eigenvalue weighted by Crippen LogP contribution is 2.18. The van der Waals surface area contributed by atoms with Gasteiger partial charge < -0.3 is 0 Å². The van der Waals surface area contributed by atoms with Crippen molar-refractivity contribution in [2.75, 3.05) is 0 Å². The van der Waals surface area contributed by atoms with Crippen molar-refractivity contribution in [3.05, 3.63) is 67.3 Å². The molecule has 0 unspecified atom stereocenters. The van der Waals surface area contributed by atoms with Gasteiger partial charge in [-0.2, -0.15) is 0 Å². The molecule has 0 radical (unpaired) electrons. The van der Waals surface area contributed by atoms with E-state index in [1.54, 1.807) is 0 Å². The summed E-state index contributed by atoms with van der Waals surface area (Å²) in [4.78, 5) is 0. The van der Waals surface area contributed by atoms with Gasteiger partial charge in [0.15, 0.2) is 24.8 Å². The quantitative estimate of drug-likeness (QED) is 0.642. The zero-order valence-corrected chi connectivity index (χ0v) is 12.7. The lowest BCUT2D eigenvalue weighted by Gasteiger charge is -2.02. The smallest absolute Gasteiger partial charge is 0.208 e. The Hall–Kier alpha value is -2.55. The van der Waals surface area contributed by atoms with E-state index in [9.17, 15) is 0 Å². The molecule has 3 aromatic rings. The van der Waals surface area contributed by atoms with Crippen molar-refractivity contribution in [3.63, 3.8) is 0 Å². The minimum Gasteiger partial charge on any atom is -0.208 e. The fourth-order valence-electron chi connectivity index (χ4n) is 2.55. The van der Waals surface area contributed by atoms with Gasteiger partial charge in [-0.25, -0.2) is 13.7 Å². The van der Waals surface area contributed by atoms with Gasteiger partial charge in [-0.1, -0.05) is 7.43 Å². The Morgan fingerprint density at radius 3 is 1.95 bits per heavy atom. The molecule has 3 aromatic heterocycles. The predicted octanol–water partition coefficient (Wildman–Crippen LogP) is 2.13. The summed E-state index contributed by atoms with van der Waals surface area (Å²) in [5, 5.41) is 0. The second-order valence-electron chi connectivity index (χ2n) is 5.36. The summed E-state index contributed by atoms with van der Waals surface area (Å²) >= 11 is 0. The maximum absolute atomic E-state index is 2.18. The van der Waals surface area contributed by atoms with Gasteiger partial charge in [0.25, 0.3) is 0 Å². The van der Waals surface area contributed by atoms with Crippen LogP contribution in [-0.2, 0) is 21.1 Å². The molecule has 0 atom stereocenters. The number of pyridine rings is 3.